The van der Waals surface area contributed by atoms with Gasteiger partial charge in [0, 0.05) is 18.2 Å². The van der Waals surface area contributed by atoms with E-state index in [0.717, 1.165) is 30.5 Å². The van der Waals surface area contributed by atoms with E-state index in [2.05, 4.69) is 9.97 Å². The lowest BCUT2D eigenvalue weighted by molar-refractivity contribution is -0.687. The number of hydrogen-bond donors (Lipinski definition) is 1. The molecule has 1 aliphatic rings. The highest BCUT2D eigenvalue weighted by molar-refractivity contribution is 5.77. The summed E-state index contributed by atoms with van der Waals surface area (Å²) in [4.78, 5) is 7.39. The summed E-state index contributed by atoms with van der Waals surface area (Å²) >= 11 is 0. The minimum absolute atomic E-state index is 0.0315. The number of H-pyrrole nitrogens is 1. The number of nitrogens with zero attached hydrogens (tertiary/aromatic N) is 2. The van der Waals surface area contributed by atoms with Crippen LogP contribution in [-0.2, 0) is 17.5 Å². The number of imidazole rings is 1. The quantitative estimate of drug-likeness (QED) is 0.169. The third kappa shape index (κ3) is 5.78. The zero-order chi connectivity index (χ0) is 28.6. The molecule has 1 fully saturated rings. The van der Waals surface area contributed by atoms with Gasteiger partial charge in [0.15, 0.2) is 30.6 Å². The molecule has 210 valence electrons. The number of nitrogens with one attached hydrogen (secondary N) is 1. The van der Waals surface area contributed by atoms with E-state index in [0.29, 0.717) is 29.7 Å². The zero-order valence-electron chi connectivity index (χ0n) is 21.7. The Kier molecular flexibility index (Phi) is 7.17. The summed E-state index contributed by atoms with van der Waals surface area (Å²) in [5.74, 6) is -1.57. The molecule has 1 unspecified atom stereocenters. The van der Waals surface area contributed by atoms with E-state index in [1.54, 1.807) is 48.8 Å². The summed E-state index contributed by atoms with van der Waals surface area (Å²) in [6.07, 6.45) is 0.682. The molecular weight excluding hydrogens is 541 g/mol. The molecule has 41 heavy (non-hydrogen) atoms. The van der Waals surface area contributed by atoms with E-state index in [-0.39, 0.29) is 35.4 Å². The number of hydrogen-bond acceptors (Lipinski definition) is 3. The Morgan fingerprint density at radius 2 is 1.83 bits per heavy atom. The van der Waals surface area contributed by atoms with Crippen molar-refractivity contribution in [2.24, 2.45) is 0 Å². The first-order chi connectivity index (χ1) is 19.7. The summed E-state index contributed by atoms with van der Waals surface area (Å²) in [6, 6.07) is 16.5. The number of aromatic amines is 1. The van der Waals surface area contributed by atoms with Crippen LogP contribution in [0.1, 0.15) is 24.0 Å². The molecule has 6 rings (SSSR count). The highest BCUT2D eigenvalue weighted by Gasteiger charge is 2.34. The monoisotopic (exact) mass is 566 g/mol. The van der Waals surface area contributed by atoms with Crippen LogP contribution in [0.5, 0.6) is 5.75 Å². The van der Waals surface area contributed by atoms with E-state index >= 15 is 0 Å². The van der Waals surface area contributed by atoms with Crippen LogP contribution in [0.25, 0.3) is 33.5 Å². The fraction of sp³-hybridized carbons (Fsp3) is 0.226. The van der Waals surface area contributed by atoms with Gasteiger partial charge in [0.1, 0.15) is 29.2 Å². The number of alkyl halides is 3. The SMILES string of the molecule is Fc1cccc(-c2nc3cc[n+](Cc4ccc(-c5ccc(OCC6CCCO6)cc5C(F)(F)F)cc4)cc3[nH]2)c1F. The Morgan fingerprint density at radius 3 is 2.59 bits per heavy atom. The van der Waals surface area contributed by atoms with Gasteiger partial charge in [-0.1, -0.05) is 36.4 Å². The minimum atomic E-state index is -4.56. The highest BCUT2D eigenvalue weighted by Crippen LogP contribution is 2.39. The standard InChI is InChI=1S/C31H24F5N3O2/c32-26-5-1-4-24(29(26)33)30-37-27-12-13-39(17-28(27)38-30)16-19-6-8-20(9-7-19)23-11-10-21(15-25(23)31(34,35)36)41-18-22-3-2-14-40-22/h1,4-13,15,17,22H,2-3,14,16,18H2/p+1. The summed E-state index contributed by atoms with van der Waals surface area (Å²) in [7, 11) is 0. The first-order valence-electron chi connectivity index (χ1n) is 13.1. The molecule has 10 heteroatoms. The van der Waals surface area contributed by atoms with Gasteiger partial charge in [-0.3, -0.25) is 0 Å². The Labute approximate surface area is 232 Å². The molecule has 1 atom stereocenters. The van der Waals surface area contributed by atoms with Crippen LogP contribution in [0, 0.1) is 11.6 Å². The molecular formula is C31H25F5N3O2+. The van der Waals surface area contributed by atoms with Crippen molar-refractivity contribution >= 4 is 11.0 Å². The van der Waals surface area contributed by atoms with Gasteiger partial charge >= 0.3 is 6.18 Å². The minimum Gasteiger partial charge on any atom is -0.491 e. The molecule has 0 amide bonds. The lowest BCUT2D eigenvalue weighted by atomic mass is 9.98. The second kappa shape index (κ2) is 10.9. The molecule has 0 aliphatic carbocycles. The summed E-state index contributed by atoms with van der Waals surface area (Å²) in [5, 5.41) is 0. The molecule has 1 saturated heterocycles. The normalized spacial score (nSPS) is 15.5. The van der Waals surface area contributed by atoms with Crippen LogP contribution in [0.4, 0.5) is 22.0 Å². The number of ether oxygens (including phenoxy) is 2. The van der Waals surface area contributed by atoms with Crippen LogP contribution in [0.15, 0.2) is 79.1 Å². The lowest BCUT2D eigenvalue weighted by Crippen LogP contribution is -2.33. The maximum absolute atomic E-state index is 14.2. The fourth-order valence-corrected chi connectivity index (χ4v) is 4.98. The van der Waals surface area contributed by atoms with Gasteiger partial charge in [0.25, 0.3) is 0 Å². The van der Waals surface area contributed by atoms with E-state index in [1.807, 2.05) is 4.57 Å². The van der Waals surface area contributed by atoms with Crippen molar-refractivity contribution < 1.29 is 36.0 Å². The first kappa shape index (κ1) is 26.9. The summed E-state index contributed by atoms with van der Waals surface area (Å²) < 4.78 is 82.8. The van der Waals surface area contributed by atoms with Crippen molar-refractivity contribution in [1.29, 1.82) is 0 Å². The molecule has 1 aliphatic heterocycles. The Hall–Kier alpha value is -4.31. The molecule has 1 N–H and O–H groups in total. The van der Waals surface area contributed by atoms with Crippen molar-refractivity contribution in [3.8, 4) is 28.3 Å². The van der Waals surface area contributed by atoms with Crippen LogP contribution < -0.4 is 9.30 Å². The van der Waals surface area contributed by atoms with Gasteiger partial charge in [0.05, 0.1) is 17.2 Å². The van der Waals surface area contributed by atoms with Gasteiger partial charge < -0.3 is 14.5 Å². The predicted molar refractivity (Wildman–Crippen MR) is 142 cm³/mol. The van der Waals surface area contributed by atoms with Crippen molar-refractivity contribution in [2.45, 2.75) is 31.7 Å². The van der Waals surface area contributed by atoms with Crippen molar-refractivity contribution in [3.63, 3.8) is 0 Å². The second-order valence-electron chi connectivity index (χ2n) is 9.95. The van der Waals surface area contributed by atoms with E-state index in [9.17, 15) is 22.0 Å². The number of benzene rings is 3. The van der Waals surface area contributed by atoms with E-state index < -0.39 is 23.4 Å². The number of rotatable bonds is 7. The summed E-state index contributed by atoms with van der Waals surface area (Å²) in [6.45, 7) is 1.29. The maximum atomic E-state index is 14.2. The van der Waals surface area contributed by atoms with Crippen LogP contribution >= 0.6 is 0 Å². The molecule has 3 heterocycles. The third-order valence-electron chi connectivity index (χ3n) is 7.07. The topological polar surface area (TPSA) is 51.0 Å². The number of fused-ring (bicyclic) bond motifs is 1. The number of aromatic nitrogens is 3. The van der Waals surface area contributed by atoms with Crippen LogP contribution in [0.2, 0.25) is 0 Å². The third-order valence-corrected chi connectivity index (χ3v) is 7.07. The van der Waals surface area contributed by atoms with Gasteiger partial charge in [-0.25, -0.2) is 13.8 Å². The molecule has 0 saturated carbocycles. The van der Waals surface area contributed by atoms with Gasteiger partial charge in [0.2, 0.25) is 0 Å². The molecule has 5 aromatic rings. The van der Waals surface area contributed by atoms with Gasteiger partial charge in [-0.05, 0) is 48.2 Å². The van der Waals surface area contributed by atoms with Crippen molar-refractivity contribution in [3.05, 3.63) is 102 Å². The molecule has 3 aromatic carbocycles. The smallest absolute Gasteiger partial charge is 0.417 e. The fourth-order valence-electron chi connectivity index (χ4n) is 4.98. The van der Waals surface area contributed by atoms with E-state index in [4.69, 9.17) is 9.47 Å². The summed E-state index contributed by atoms with van der Waals surface area (Å²) in [5.41, 5.74) is 1.83. The van der Waals surface area contributed by atoms with Crippen LogP contribution in [0.3, 0.4) is 0 Å². The Bertz CT molecular complexity index is 1690. The largest absolute Gasteiger partial charge is 0.491 e. The molecule has 5 nitrogen and oxygen atoms in total. The predicted octanol–water partition coefficient (Wildman–Crippen LogP) is 7.09. The Balaban J connectivity index is 1.20. The second-order valence-corrected chi connectivity index (χ2v) is 9.95. The van der Waals surface area contributed by atoms with Crippen molar-refractivity contribution in [2.75, 3.05) is 13.2 Å². The maximum Gasteiger partial charge on any atom is 0.417 e. The molecule has 0 spiro atoms. The van der Waals surface area contributed by atoms with E-state index in [1.165, 1.54) is 18.2 Å². The van der Waals surface area contributed by atoms with Crippen molar-refractivity contribution in [1.82, 2.24) is 9.97 Å². The first-order valence-corrected chi connectivity index (χ1v) is 13.1. The average molecular weight is 567 g/mol. The van der Waals surface area contributed by atoms with Gasteiger partial charge in [-0.2, -0.15) is 17.7 Å². The lowest BCUT2D eigenvalue weighted by Gasteiger charge is -2.17. The van der Waals surface area contributed by atoms with Gasteiger partial charge in [-0.15, -0.1) is 0 Å². The number of halogens is 5. The molecule has 2 aromatic heterocycles. The molecule has 0 bridgehead atoms. The van der Waals surface area contributed by atoms with Crippen LogP contribution in [-0.4, -0.2) is 29.3 Å². The Morgan fingerprint density at radius 1 is 1.00 bits per heavy atom. The number of pyridine rings is 1. The highest BCUT2D eigenvalue weighted by atomic mass is 19.4. The molecule has 0 radical (unpaired) electrons. The zero-order valence-corrected chi connectivity index (χ0v) is 21.7. The average Bonchev–Trinajstić information content (AvgIpc) is 3.63.